The summed E-state index contributed by atoms with van der Waals surface area (Å²) in [5.41, 5.74) is 5.19. The molecule has 0 aliphatic heterocycles. The summed E-state index contributed by atoms with van der Waals surface area (Å²) >= 11 is 0. The van der Waals surface area contributed by atoms with Crippen LogP contribution >= 0.6 is 0 Å². The van der Waals surface area contributed by atoms with Gasteiger partial charge < -0.3 is 10.5 Å². The molecule has 0 fully saturated rings. The van der Waals surface area contributed by atoms with Crippen LogP contribution in [0.4, 0.5) is 8.78 Å². The van der Waals surface area contributed by atoms with Crippen molar-refractivity contribution in [3.63, 3.8) is 0 Å². The van der Waals surface area contributed by atoms with Gasteiger partial charge in [0.2, 0.25) is 0 Å². The third-order valence-electron chi connectivity index (χ3n) is 1.53. The monoisotopic (exact) mass is 199 g/mol. The molecule has 0 unspecified atom stereocenters. The van der Waals surface area contributed by atoms with E-state index in [9.17, 15) is 8.78 Å². The zero-order chi connectivity index (χ0) is 10.4. The van der Waals surface area contributed by atoms with Crippen LogP contribution in [-0.2, 0) is 0 Å². The van der Waals surface area contributed by atoms with Crippen LogP contribution in [0.1, 0.15) is 0 Å². The molecular weight excluding hydrogens is 188 g/mol. The molecule has 0 aliphatic rings. The van der Waals surface area contributed by atoms with E-state index in [0.29, 0.717) is 6.54 Å². The van der Waals surface area contributed by atoms with Gasteiger partial charge in [0, 0.05) is 12.6 Å². The lowest BCUT2D eigenvalue weighted by Crippen LogP contribution is -1.98. The van der Waals surface area contributed by atoms with Crippen LogP contribution in [0.15, 0.2) is 30.4 Å². The van der Waals surface area contributed by atoms with Crippen LogP contribution in [0, 0.1) is 11.6 Å². The van der Waals surface area contributed by atoms with Crippen LogP contribution in [0.2, 0.25) is 0 Å². The maximum absolute atomic E-state index is 12.9. The van der Waals surface area contributed by atoms with Crippen molar-refractivity contribution in [2.45, 2.75) is 0 Å². The molecule has 0 aliphatic carbocycles. The van der Waals surface area contributed by atoms with Gasteiger partial charge in [0.15, 0.2) is 11.6 Å². The van der Waals surface area contributed by atoms with E-state index < -0.39 is 11.6 Å². The lowest BCUT2D eigenvalue weighted by atomic mass is 10.3. The SMILES string of the molecule is NC/C=C/COc1ccc(F)cc1F. The first-order valence-electron chi connectivity index (χ1n) is 4.17. The minimum Gasteiger partial charge on any atom is -0.486 e. The lowest BCUT2D eigenvalue weighted by Gasteiger charge is -2.03. The summed E-state index contributed by atoms with van der Waals surface area (Å²) in [7, 11) is 0. The Labute approximate surface area is 81.0 Å². The van der Waals surface area contributed by atoms with Crippen molar-refractivity contribution in [3.05, 3.63) is 42.0 Å². The number of halogens is 2. The molecule has 0 heterocycles. The Hall–Kier alpha value is -1.42. The third kappa shape index (κ3) is 3.14. The summed E-state index contributed by atoms with van der Waals surface area (Å²) in [6.07, 6.45) is 3.37. The van der Waals surface area contributed by atoms with Crippen LogP contribution in [0.3, 0.4) is 0 Å². The van der Waals surface area contributed by atoms with Crippen LogP contribution in [0.5, 0.6) is 5.75 Å². The molecule has 14 heavy (non-hydrogen) atoms. The number of benzene rings is 1. The Balaban J connectivity index is 2.55. The summed E-state index contributed by atoms with van der Waals surface area (Å²) in [5, 5.41) is 0. The minimum absolute atomic E-state index is 0.0353. The molecule has 1 rings (SSSR count). The molecule has 76 valence electrons. The van der Waals surface area contributed by atoms with Gasteiger partial charge in [-0.2, -0.15) is 0 Å². The third-order valence-corrected chi connectivity index (χ3v) is 1.53. The predicted molar refractivity (Wildman–Crippen MR) is 50.0 cm³/mol. The van der Waals surface area contributed by atoms with E-state index >= 15 is 0 Å². The van der Waals surface area contributed by atoms with E-state index in [4.69, 9.17) is 10.5 Å². The Morgan fingerprint density at radius 1 is 1.29 bits per heavy atom. The Morgan fingerprint density at radius 3 is 2.71 bits per heavy atom. The number of ether oxygens (including phenoxy) is 1. The van der Waals surface area contributed by atoms with Gasteiger partial charge >= 0.3 is 0 Å². The van der Waals surface area contributed by atoms with Crippen molar-refractivity contribution in [2.24, 2.45) is 5.73 Å². The zero-order valence-corrected chi connectivity index (χ0v) is 7.54. The second-order valence-corrected chi connectivity index (χ2v) is 2.59. The highest BCUT2D eigenvalue weighted by Gasteiger charge is 2.02. The highest BCUT2D eigenvalue weighted by Crippen LogP contribution is 2.17. The van der Waals surface area contributed by atoms with Gasteiger partial charge in [-0.1, -0.05) is 12.2 Å². The smallest absolute Gasteiger partial charge is 0.167 e. The van der Waals surface area contributed by atoms with Gasteiger partial charge in [0.1, 0.15) is 12.4 Å². The topological polar surface area (TPSA) is 35.2 Å². The molecular formula is C10H11F2NO. The standard InChI is InChI=1S/C10H11F2NO/c11-8-3-4-10(9(12)7-8)14-6-2-1-5-13/h1-4,7H,5-6,13H2/b2-1+. The van der Waals surface area contributed by atoms with E-state index in [-0.39, 0.29) is 12.4 Å². The summed E-state index contributed by atoms with van der Waals surface area (Å²) in [4.78, 5) is 0. The molecule has 1 aromatic rings. The van der Waals surface area contributed by atoms with Gasteiger partial charge in [0.25, 0.3) is 0 Å². The average molecular weight is 199 g/mol. The fourth-order valence-electron chi connectivity index (χ4n) is 0.894. The van der Waals surface area contributed by atoms with E-state index in [0.717, 1.165) is 12.1 Å². The van der Waals surface area contributed by atoms with Crippen molar-refractivity contribution < 1.29 is 13.5 Å². The van der Waals surface area contributed by atoms with Crippen LogP contribution in [-0.4, -0.2) is 13.2 Å². The minimum atomic E-state index is -0.703. The van der Waals surface area contributed by atoms with E-state index in [1.165, 1.54) is 6.07 Å². The number of hydrogen-bond acceptors (Lipinski definition) is 2. The zero-order valence-electron chi connectivity index (χ0n) is 7.54. The first-order valence-corrected chi connectivity index (χ1v) is 4.17. The first kappa shape index (κ1) is 10.7. The van der Waals surface area contributed by atoms with Gasteiger partial charge in [-0.3, -0.25) is 0 Å². The van der Waals surface area contributed by atoms with Crippen molar-refractivity contribution in [1.82, 2.24) is 0 Å². The maximum Gasteiger partial charge on any atom is 0.167 e. The molecule has 0 saturated heterocycles. The molecule has 0 spiro atoms. The van der Waals surface area contributed by atoms with E-state index in [2.05, 4.69) is 0 Å². The highest BCUT2D eigenvalue weighted by atomic mass is 19.1. The number of nitrogens with two attached hydrogens (primary N) is 1. The second-order valence-electron chi connectivity index (χ2n) is 2.59. The first-order chi connectivity index (χ1) is 6.74. The van der Waals surface area contributed by atoms with E-state index in [1.807, 2.05) is 0 Å². The van der Waals surface area contributed by atoms with Crippen LogP contribution in [0.25, 0.3) is 0 Å². The average Bonchev–Trinajstić information content (AvgIpc) is 2.15. The summed E-state index contributed by atoms with van der Waals surface area (Å²) in [6.45, 7) is 0.634. The van der Waals surface area contributed by atoms with Crippen molar-refractivity contribution >= 4 is 0 Å². The lowest BCUT2D eigenvalue weighted by molar-refractivity contribution is 0.340. The van der Waals surface area contributed by atoms with Gasteiger partial charge in [-0.05, 0) is 12.1 Å². The van der Waals surface area contributed by atoms with Gasteiger partial charge in [-0.15, -0.1) is 0 Å². The summed E-state index contributed by atoms with van der Waals surface area (Å²) in [5.74, 6) is -1.29. The predicted octanol–water partition coefficient (Wildman–Crippen LogP) is 1.86. The highest BCUT2D eigenvalue weighted by molar-refractivity contribution is 5.24. The molecule has 1 aromatic carbocycles. The quantitative estimate of drug-likeness (QED) is 0.751. The molecule has 0 atom stereocenters. The largest absolute Gasteiger partial charge is 0.486 e. The maximum atomic E-state index is 12.9. The number of hydrogen-bond donors (Lipinski definition) is 1. The molecule has 0 amide bonds. The molecule has 2 nitrogen and oxygen atoms in total. The molecule has 0 bridgehead atoms. The normalized spacial score (nSPS) is 10.8. The second kappa shape index (κ2) is 5.34. The number of rotatable bonds is 4. The van der Waals surface area contributed by atoms with Crippen molar-refractivity contribution in [2.75, 3.05) is 13.2 Å². The Kier molecular flexibility index (Phi) is 4.07. The molecule has 0 saturated carbocycles. The summed E-state index contributed by atoms with van der Waals surface area (Å²) < 4.78 is 30.4. The van der Waals surface area contributed by atoms with Crippen molar-refractivity contribution in [1.29, 1.82) is 0 Å². The van der Waals surface area contributed by atoms with Gasteiger partial charge in [0.05, 0.1) is 0 Å². The Bertz CT molecular complexity index is 326. The Morgan fingerprint density at radius 2 is 2.07 bits per heavy atom. The van der Waals surface area contributed by atoms with E-state index in [1.54, 1.807) is 12.2 Å². The fourth-order valence-corrected chi connectivity index (χ4v) is 0.894. The molecule has 4 heteroatoms. The molecule has 2 N–H and O–H groups in total. The van der Waals surface area contributed by atoms with Crippen LogP contribution < -0.4 is 10.5 Å². The van der Waals surface area contributed by atoms with Crippen molar-refractivity contribution in [3.8, 4) is 5.75 Å². The molecule has 0 radical (unpaired) electrons. The van der Waals surface area contributed by atoms with Gasteiger partial charge in [-0.25, -0.2) is 8.78 Å². The fraction of sp³-hybridized carbons (Fsp3) is 0.200. The molecule has 0 aromatic heterocycles. The summed E-state index contributed by atoms with van der Waals surface area (Å²) in [6, 6.07) is 3.17.